The maximum Gasteiger partial charge on any atom is 0.232 e. The number of ketones is 1. The van der Waals surface area contributed by atoms with Crippen LogP contribution < -0.4 is 10.0 Å². The average molecular weight is 546 g/mol. The number of allylic oxidation sites excluding steroid dienone is 3. The normalized spacial score (nSPS) is 14.8. The molecular formula is C23H21F2N7O3S2. The van der Waals surface area contributed by atoms with E-state index in [1.165, 1.54) is 30.5 Å². The van der Waals surface area contributed by atoms with Crippen LogP contribution in [0.5, 0.6) is 0 Å². The number of sulfonamides is 1. The number of rotatable bonds is 9. The average Bonchev–Trinajstić information content (AvgIpc) is 3.28. The van der Waals surface area contributed by atoms with Gasteiger partial charge >= 0.3 is 0 Å². The van der Waals surface area contributed by atoms with E-state index in [0.717, 1.165) is 12.1 Å². The number of benzene rings is 1. The number of aromatic nitrogens is 3. The SMILES string of the molecule is CCCS(=O)(=O)Nc1ccc(F)c(C(=O)c2c[nH]c3ncnc(NC4=C/C(=N/SC)C(=N)C=C4)c23)c1F. The highest BCUT2D eigenvalue weighted by molar-refractivity contribution is 7.97. The number of nitrogens with zero attached hydrogens (tertiary/aromatic N) is 3. The lowest BCUT2D eigenvalue weighted by atomic mass is 10.0. The minimum absolute atomic E-state index is 0.129. The molecule has 10 nitrogen and oxygen atoms in total. The van der Waals surface area contributed by atoms with Crippen LogP contribution in [0.25, 0.3) is 11.0 Å². The summed E-state index contributed by atoms with van der Waals surface area (Å²) in [4.78, 5) is 24.5. The molecule has 1 aliphatic carbocycles. The molecule has 0 aliphatic heterocycles. The van der Waals surface area contributed by atoms with Crippen LogP contribution in [0.1, 0.15) is 29.3 Å². The molecule has 2 aromatic heterocycles. The van der Waals surface area contributed by atoms with Gasteiger partial charge in [-0.2, -0.15) is 0 Å². The monoisotopic (exact) mass is 545 g/mol. The van der Waals surface area contributed by atoms with E-state index in [9.17, 15) is 17.6 Å². The van der Waals surface area contributed by atoms with Gasteiger partial charge in [-0.05, 0) is 48.7 Å². The van der Waals surface area contributed by atoms with Crippen molar-refractivity contribution in [1.82, 2.24) is 15.0 Å². The number of carbonyl (C=O) groups is 1. The lowest BCUT2D eigenvalue weighted by molar-refractivity contribution is 0.103. The lowest BCUT2D eigenvalue weighted by Gasteiger charge is -2.13. The van der Waals surface area contributed by atoms with E-state index in [1.807, 2.05) is 0 Å². The van der Waals surface area contributed by atoms with E-state index in [4.69, 9.17) is 5.41 Å². The van der Waals surface area contributed by atoms with Crippen LogP contribution in [-0.4, -0.2) is 52.6 Å². The Morgan fingerprint density at radius 1 is 1.24 bits per heavy atom. The van der Waals surface area contributed by atoms with E-state index < -0.39 is 38.7 Å². The molecule has 4 rings (SSSR count). The van der Waals surface area contributed by atoms with Crippen molar-refractivity contribution in [2.75, 3.05) is 22.0 Å². The zero-order chi connectivity index (χ0) is 26.7. The van der Waals surface area contributed by atoms with Crippen molar-refractivity contribution in [1.29, 1.82) is 5.41 Å². The van der Waals surface area contributed by atoms with Crippen molar-refractivity contribution in [3.8, 4) is 0 Å². The quantitative estimate of drug-likeness (QED) is 0.178. The molecule has 14 heteroatoms. The van der Waals surface area contributed by atoms with Gasteiger partial charge in [0, 0.05) is 18.1 Å². The number of halogens is 2. The molecule has 0 amide bonds. The van der Waals surface area contributed by atoms with Crippen LogP contribution >= 0.6 is 11.9 Å². The maximum absolute atomic E-state index is 15.3. The van der Waals surface area contributed by atoms with E-state index >= 15 is 4.39 Å². The predicted molar refractivity (Wildman–Crippen MR) is 141 cm³/mol. The number of anilines is 2. The second kappa shape index (κ2) is 10.6. The van der Waals surface area contributed by atoms with Gasteiger partial charge in [-0.15, -0.1) is 0 Å². The van der Waals surface area contributed by atoms with E-state index in [0.29, 0.717) is 11.4 Å². The van der Waals surface area contributed by atoms with Crippen molar-refractivity contribution in [3.63, 3.8) is 0 Å². The summed E-state index contributed by atoms with van der Waals surface area (Å²) in [6, 6.07) is 1.75. The molecule has 0 atom stereocenters. The molecule has 0 bridgehead atoms. The van der Waals surface area contributed by atoms with Crippen LogP contribution in [0.15, 0.2) is 53.0 Å². The smallest absolute Gasteiger partial charge is 0.232 e. The number of carbonyl (C=O) groups excluding carboxylic acids is 1. The molecule has 2 heterocycles. The first-order valence-corrected chi connectivity index (χ1v) is 13.7. The highest BCUT2D eigenvalue weighted by Crippen LogP contribution is 2.30. The third-order valence-corrected chi connectivity index (χ3v) is 7.08. The molecule has 3 aromatic rings. The molecule has 0 saturated carbocycles. The zero-order valence-corrected chi connectivity index (χ0v) is 21.2. The first kappa shape index (κ1) is 26.2. The Morgan fingerprint density at radius 2 is 2.03 bits per heavy atom. The van der Waals surface area contributed by atoms with Crippen LogP contribution in [0, 0.1) is 17.0 Å². The predicted octanol–water partition coefficient (Wildman–Crippen LogP) is 4.22. The van der Waals surface area contributed by atoms with Gasteiger partial charge in [-0.3, -0.25) is 14.9 Å². The summed E-state index contributed by atoms with van der Waals surface area (Å²) in [7, 11) is -3.89. The minimum atomic E-state index is -3.89. The molecule has 1 aliphatic rings. The summed E-state index contributed by atoms with van der Waals surface area (Å²) >= 11 is 1.19. The molecule has 4 N–H and O–H groups in total. The minimum Gasteiger partial charge on any atom is -0.345 e. The van der Waals surface area contributed by atoms with Crippen molar-refractivity contribution in [2.45, 2.75) is 13.3 Å². The van der Waals surface area contributed by atoms with Crippen molar-refractivity contribution in [2.24, 2.45) is 4.40 Å². The number of H-pyrrole nitrogens is 1. The highest BCUT2D eigenvalue weighted by atomic mass is 32.2. The van der Waals surface area contributed by atoms with Crippen LogP contribution in [0.4, 0.5) is 20.3 Å². The third kappa shape index (κ3) is 5.44. The van der Waals surface area contributed by atoms with Gasteiger partial charge in [0.2, 0.25) is 15.8 Å². The second-order valence-electron chi connectivity index (χ2n) is 7.81. The summed E-state index contributed by atoms with van der Waals surface area (Å²) in [5, 5.41) is 11.2. The summed E-state index contributed by atoms with van der Waals surface area (Å²) in [5.41, 5.74) is -0.221. The first-order valence-electron chi connectivity index (χ1n) is 10.9. The molecule has 0 unspecified atom stereocenters. The number of hydrogen-bond acceptors (Lipinski definition) is 9. The number of fused-ring (bicyclic) bond motifs is 1. The van der Waals surface area contributed by atoms with Crippen molar-refractivity contribution in [3.05, 3.63) is 71.3 Å². The topological polar surface area (TPSA) is 153 Å². The Kier molecular flexibility index (Phi) is 7.50. The summed E-state index contributed by atoms with van der Waals surface area (Å²) in [5.74, 6) is -3.62. The number of aromatic amines is 1. The maximum atomic E-state index is 15.3. The van der Waals surface area contributed by atoms with Crippen molar-refractivity contribution < 1.29 is 22.0 Å². The molecule has 1 aromatic carbocycles. The van der Waals surface area contributed by atoms with Gasteiger partial charge in [0.25, 0.3) is 0 Å². The van der Waals surface area contributed by atoms with Crippen LogP contribution in [-0.2, 0) is 10.0 Å². The van der Waals surface area contributed by atoms with Crippen LogP contribution in [0.2, 0.25) is 0 Å². The third-order valence-electron chi connectivity index (χ3n) is 5.22. The van der Waals surface area contributed by atoms with E-state index in [1.54, 1.807) is 25.3 Å². The Hall–Kier alpha value is -3.91. The first-order chi connectivity index (χ1) is 17.6. The van der Waals surface area contributed by atoms with Gasteiger partial charge in [0.05, 0.1) is 39.4 Å². The van der Waals surface area contributed by atoms with Gasteiger partial charge in [-0.25, -0.2) is 31.6 Å². The fraction of sp³-hybridized carbons (Fsp3) is 0.174. The molecule has 0 spiro atoms. The van der Waals surface area contributed by atoms with Gasteiger partial charge in [-0.1, -0.05) is 6.92 Å². The number of hydrogen-bond donors (Lipinski definition) is 4. The van der Waals surface area contributed by atoms with E-state index in [2.05, 4.69) is 29.4 Å². The zero-order valence-electron chi connectivity index (χ0n) is 19.6. The fourth-order valence-corrected chi connectivity index (χ4v) is 5.10. The number of nitrogens with one attached hydrogen (secondary N) is 4. The molecule has 0 saturated heterocycles. The highest BCUT2D eigenvalue weighted by Gasteiger charge is 2.27. The second-order valence-corrected chi connectivity index (χ2v) is 10.2. The van der Waals surface area contributed by atoms with Crippen LogP contribution in [0.3, 0.4) is 0 Å². The fourth-order valence-electron chi connectivity index (χ4n) is 3.62. The Balaban J connectivity index is 1.76. The lowest BCUT2D eigenvalue weighted by Crippen LogP contribution is -2.18. The van der Waals surface area contributed by atoms with Crippen molar-refractivity contribution >= 4 is 61.7 Å². The standard InChI is InChI=1S/C23H21F2N7O3S2/c1-3-8-37(34,35)32-16-7-5-14(24)19(20(16)25)21(33)13-10-27-22-18(13)23(29-11-28-22)30-12-4-6-15(26)17(9-12)31-36-2/h4-7,9-11,26,32H,3,8H2,1-2H3,(H2,27,28,29,30)/b26-15?,31-17-. The molecular weight excluding hydrogens is 524 g/mol. The van der Waals surface area contributed by atoms with Gasteiger partial charge < -0.3 is 10.3 Å². The largest absolute Gasteiger partial charge is 0.345 e. The Morgan fingerprint density at radius 3 is 2.76 bits per heavy atom. The summed E-state index contributed by atoms with van der Waals surface area (Å²) in [6.45, 7) is 1.64. The summed E-state index contributed by atoms with van der Waals surface area (Å²) < 4.78 is 60.5. The Labute approximate surface area is 215 Å². The molecule has 37 heavy (non-hydrogen) atoms. The summed E-state index contributed by atoms with van der Waals surface area (Å²) in [6.07, 6.45) is 9.31. The Bertz CT molecular complexity index is 1610. The van der Waals surface area contributed by atoms with E-state index in [-0.39, 0.29) is 40.3 Å². The van der Waals surface area contributed by atoms with Gasteiger partial charge in [0.15, 0.2) is 5.82 Å². The molecule has 0 radical (unpaired) electrons. The molecule has 192 valence electrons. The van der Waals surface area contributed by atoms with Gasteiger partial charge in [0.1, 0.15) is 23.6 Å². The molecule has 0 fully saturated rings.